The standard InChI is InChI=1S/C9H18BNO3/c1-4-5-6-10-13-7-8(14-10)9(12)11(2)3/h8H,4-7H2,1-3H3/t8-/m0/s1. The minimum atomic E-state index is -0.396. The van der Waals surface area contributed by atoms with Crippen LogP contribution < -0.4 is 0 Å². The molecule has 14 heavy (non-hydrogen) atoms. The molecule has 1 fully saturated rings. The van der Waals surface area contributed by atoms with Crippen molar-refractivity contribution >= 4 is 13.0 Å². The van der Waals surface area contributed by atoms with E-state index < -0.39 is 6.10 Å². The highest BCUT2D eigenvalue weighted by molar-refractivity contribution is 6.45. The maximum absolute atomic E-state index is 11.5. The lowest BCUT2D eigenvalue weighted by Gasteiger charge is -2.14. The van der Waals surface area contributed by atoms with E-state index in [0.29, 0.717) is 6.61 Å². The Morgan fingerprint density at radius 3 is 2.86 bits per heavy atom. The molecule has 0 saturated carbocycles. The van der Waals surface area contributed by atoms with Gasteiger partial charge in [0.05, 0.1) is 6.61 Å². The van der Waals surface area contributed by atoms with E-state index in [1.807, 2.05) is 0 Å². The summed E-state index contributed by atoms with van der Waals surface area (Å²) >= 11 is 0. The summed E-state index contributed by atoms with van der Waals surface area (Å²) in [6.07, 6.45) is 2.68. The van der Waals surface area contributed by atoms with Crippen molar-refractivity contribution < 1.29 is 14.1 Å². The average Bonchev–Trinajstić information content (AvgIpc) is 2.61. The van der Waals surface area contributed by atoms with E-state index in [4.69, 9.17) is 9.31 Å². The van der Waals surface area contributed by atoms with Crippen LogP contribution in [0.4, 0.5) is 0 Å². The summed E-state index contributed by atoms with van der Waals surface area (Å²) < 4.78 is 10.8. The van der Waals surface area contributed by atoms with Crippen LogP contribution in [0.5, 0.6) is 0 Å². The Labute approximate surface area is 85.7 Å². The molecule has 0 spiro atoms. The first kappa shape index (κ1) is 11.5. The summed E-state index contributed by atoms with van der Waals surface area (Å²) in [6.45, 7) is 2.52. The summed E-state index contributed by atoms with van der Waals surface area (Å²) in [5.41, 5.74) is 0. The number of rotatable bonds is 4. The van der Waals surface area contributed by atoms with Crippen molar-refractivity contribution in [1.82, 2.24) is 4.90 Å². The fourth-order valence-electron chi connectivity index (χ4n) is 1.40. The molecule has 0 unspecified atom stereocenters. The van der Waals surface area contributed by atoms with Crippen LogP contribution in [-0.2, 0) is 14.1 Å². The molecule has 1 saturated heterocycles. The highest BCUT2D eigenvalue weighted by Gasteiger charge is 2.35. The molecular weight excluding hydrogens is 181 g/mol. The first-order valence-electron chi connectivity index (χ1n) is 5.13. The number of nitrogens with zero attached hydrogens (tertiary/aromatic N) is 1. The number of carbonyl (C=O) groups is 1. The van der Waals surface area contributed by atoms with Gasteiger partial charge in [-0.15, -0.1) is 0 Å². The zero-order chi connectivity index (χ0) is 10.6. The van der Waals surface area contributed by atoms with Crippen LogP contribution in [0.25, 0.3) is 0 Å². The monoisotopic (exact) mass is 199 g/mol. The molecule has 1 rings (SSSR count). The lowest BCUT2D eigenvalue weighted by Crippen LogP contribution is -2.35. The maximum atomic E-state index is 11.5. The van der Waals surface area contributed by atoms with Crippen LogP contribution in [-0.4, -0.2) is 44.7 Å². The van der Waals surface area contributed by atoms with Gasteiger partial charge in [0.15, 0.2) is 0 Å². The zero-order valence-electron chi connectivity index (χ0n) is 9.16. The van der Waals surface area contributed by atoms with E-state index >= 15 is 0 Å². The van der Waals surface area contributed by atoms with Crippen LogP contribution in [0, 0.1) is 0 Å². The van der Waals surface area contributed by atoms with Gasteiger partial charge >= 0.3 is 7.12 Å². The smallest absolute Gasteiger partial charge is 0.408 e. The number of hydrogen-bond acceptors (Lipinski definition) is 3. The maximum Gasteiger partial charge on any atom is 0.457 e. The van der Waals surface area contributed by atoms with Gasteiger partial charge in [-0.25, -0.2) is 0 Å². The molecule has 1 heterocycles. The highest BCUT2D eigenvalue weighted by Crippen LogP contribution is 2.15. The number of hydrogen-bond donors (Lipinski definition) is 0. The van der Waals surface area contributed by atoms with Crippen LogP contribution in [0.2, 0.25) is 6.32 Å². The topological polar surface area (TPSA) is 38.8 Å². The number of amides is 1. The predicted molar refractivity (Wildman–Crippen MR) is 55.0 cm³/mol. The molecule has 0 bridgehead atoms. The summed E-state index contributed by atoms with van der Waals surface area (Å²) in [7, 11) is 3.28. The molecule has 0 radical (unpaired) electrons. The lowest BCUT2D eigenvalue weighted by molar-refractivity contribution is -0.135. The Kier molecular flexibility index (Phi) is 4.42. The summed E-state index contributed by atoms with van der Waals surface area (Å²) in [5, 5.41) is 0. The Balaban J connectivity index is 2.30. The van der Waals surface area contributed by atoms with Gasteiger partial charge in [-0.05, 0) is 6.32 Å². The van der Waals surface area contributed by atoms with E-state index in [1.54, 1.807) is 14.1 Å². The number of unbranched alkanes of at least 4 members (excludes halogenated alkanes) is 1. The molecule has 0 aliphatic carbocycles. The molecular formula is C9H18BNO3. The molecule has 0 aromatic carbocycles. The van der Waals surface area contributed by atoms with Crippen molar-refractivity contribution in [3.63, 3.8) is 0 Å². The summed E-state index contributed by atoms with van der Waals surface area (Å²) in [4.78, 5) is 13.0. The lowest BCUT2D eigenvalue weighted by atomic mass is 9.83. The van der Waals surface area contributed by atoms with Crippen LogP contribution in [0.1, 0.15) is 19.8 Å². The minimum absolute atomic E-state index is 0.0102. The van der Waals surface area contributed by atoms with Crippen molar-refractivity contribution in [2.75, 3.05) is 20.7 Å². The van der Waals surface area contributed by atoms with Crippen LogP contribution in [0.15, 0.2) is 0 Å². The molecule has 0 N–H and O–H groups in total. The highest BCUT2D eigenvalue weighted by atomic mass is 16.6. The molecule has 1 amide bonds. The van der Waals surface area contributed by atoms with Gasteiger partial charge in [0.2, 0.25) is 0 Å². The van der Waals surface area contributed by atoms with Crippen LogP contribution >= 0.6 is 0 Å². The van der Waals surface area contributed by atoms with Gasteiger partial charge in [0, 0.05) is 14.1 Å². The van der Waals surface area contributed by atoms with Crippen LogP contribution in [0.3, 0.4) is 0 Å². The Morgan fingerprint density at radius 1 is 1.57 bits per heavy atom. The summed E-state index contributed by atoms with van der Waals surface area (Å²) in [5.74, 6) is -0.0102. The Morgan fingerprint density at radius 2 is 2.29 bits per heavy atom. The third kappa shape index (κ3) is 2.99. The average molecular weight is 199 g/mol. The van der Waals surface area contributed by atoms with Gasteiger partial charge in [0.1, 0.15) is 6.10 Å². The minimum Gasteiger partial charge on any atom is -0.408 e. The molecule has 1 aliphatic rings. The fraction of sp³-hybridized carbons (Fsp3) is 0.889. The first-order chi connectivity index (χ1) is 6.65. The van der Waals surface area contributed by atoms with Gasteiger partial charge in [-0.3, -0.25) is 4.79 Å². The quantitative estimate of drug-likeness (QED) is 0.628. The molecule has 4 nitrogen and oxygen atoms in total. The normalized spacial score (nSPS) is 21.4. The van der Waals surface area contributed by atoms with E-state index in [2.05, 4.69) is 6.92 Å². The number of likely N-dealkylation sites (N-methyl/N-ethyl adjacent to an activating group) is 1. The van der Waals surface area contributed by atoms with E-state index in [0.717, 1.165) is 19.2 Å². The van der Waals surface area contributed by atoms with Gasteiger partial charge in [-0.1, -0.05) is 19.8 Å². The molecule has 1 aliphatic heterocycles. The van der Waals surface area contributed by atoms with Gasteiger partial charge in [0.25, 0.3) is 5.91 Å². The van der Waals surface area contributed by atoms with Crippen molar-refractivity contribution in [3.05, 3.63) is 0 Å². The predicted octanol–water partition coefficient (Wildman–Crippen LogP) is 0.778. The Hall–Kier alpha value is -0.545. The first-order valence-corrected chi connectivity index (χ1v) is 5.13. The van der Waals surface area contributed by atoms with Crippen molar-refractivity contribution in [2.45, 2.75) is 32.2 Å². The van der Waals surface area contributed by atoms with Gasteiger partial charge in [-0.2, -0.15) is 0 Å². The van der Waals surface area contributed by atoms with Gasteiger partial charge < -0.3 is 14.2 Å². The van der Waals surface area contributed by atoms with E-state index in [9.17, 15) is 4.79 Å². The second-order valence-electron chi connectivity index (χ2n) is 3.76. The van der Waals surface area contributed by atoms with Crippen molar-refractivity contribution in [1.29, 1.82) is 0 Å². The summed E-state index contributed by atoms with van der Waals surface area (Å²) in [6, 6.07) is 0. The molecule has 80 valence electrons. The SMILES string of the molecule is CCCCB1OC[C@@H](C(=O)N(C)C)O1. The van der Waals surface area contributed by atoms with Crippen molar-refractivity contribution in [3.8, 4) is 0 Å². The second kappa shape index (κ2) is 5.36. The fourth-order valence-corrected chi connectivity index (χ4v) is 1.40. The molecule has 0 aromatic heterocycles. The third-order valence-corrected chi connectivity index (χ3v) is 2.26. The largest absolute Gasteiger partial charge is 0.457 e. The Bertz CT molecular complexity index is 198. The molecule has 0 aromatic rings. The zero-order valence-corrected chi connectivity index (χ0v) is 9.16. The number of carbonyl (C=O) groups excluding carboxylic acids is 1. The molecule has 5 heteroatoms. The second-order valence-corrected chi connectivity index (χ2v) is 3.76. The van der Waals surface area contributed by atoms with E-state index in [-0.39, 0.29) is 13.0 Å². The van der Waals surface area contributed by atoms with E-state index in [1.165, 1.54) is 4.90 Å². The van der Waals surface area contributed by atoms with Crippen molar-refractivity contribution in [2.24, 2.45) is 0 Å². The molecule has 1 atom stereocenters. The third-order valence-electron chi connectivity index (χ3n) is 2.26.